The lowest BCUT2D eigenvalue weighted by Gasteiger charge is -2.10. The molecule has 0 aliphatic carbocycles. The zero-order chi connectivity index (χ0) is 22.2. The standard InChI is InChI=1S/C32H18S2/c1-3-10-28-23(7-1)25-16-14-19-12-13-21(18-27(19)31(25)33-28)22-9-5-6-20-15-17-26-24-8-2-4-11-29(24)34-32(26)30(20)22/h1-18H. The van der Waals surface area contributed by atoms with Gasteiger partial charge in [-0.15, -0.1) is 22.7 Å². The topological polar surface area (TPSA) is 0 Å². The van der Waals surface area contributed by atoms with Crippen LogP contribution in [0.2, 0.25) is 0 Å². The van der Waals surface area contributed by atoms with E-state index in [0.717, 1.165) is 0 Å². The Morgan fingerprint density at radius 2 is 1.06 bits per heavy atom. The lowest BCUT2D eigenvalue weighted by Crippen LogP contribution is -1.83. The largest absolute Gasteiger partial charge is 0.135 e. The first kappa shape index (κ1) is 18.7. The summed E-state index contributed by atoms with van der Waals surface area (Å²) in [4.78, 5) is 0. The second-order valence-electron chi connectivity index (χ2n) is 8.92. The molecule has 2 heteroatoms. The van der Waals surface area contributed by atoms with Crippen molar-refractivity contribution in [1.29, 1.82) is 0 Å². The van der Waals surface area contributed by atoms with Crippen LogP contribution in [0, 0.1) is 0 Å². The molecule has 0 bridgehead atoms. The summed E-state index contributed by atoms with van der Waals surface area (Å²) in [5, 5.41) is 10.7. The predicted molar refractivity (Wildman–Crippen MR) is 153 cm³/mol. The minimum atomic E-state index is 1.29. The third-order valence-corrected chi connectivity index (χ3v) is 9.48. The molecule has 8 aromatic rings. The van der Waals surface area contributed by atoms with E-state index < -0.39 is 0 Å². The lowest BCUT2D eigenvalue weighted by molar-refractivity contribution is 1.72. The molecule has 34 heavy (non-hydrogen) atoms. The fraction of sp³-hybridized carbons (Fsp3) is 0. The van der Waals surface area contributed by atoms with E-state index in [1.807, 2.05) is 22.7 Å². The summed E-state index contributed by atoms with van der Waals surface area (Å²) >= 11 is 3.82. The molecule has 0 aliphatic rings. The fourth-order valence-electron chi connectivity index (χ4n) is 5.46. The van der Waals surface area contributed by atoms with Crippen molar-refractivity contribution in [1.82, 2.24) is 0 Å². The van der Waals surface area contributed by atoms with Gasteiger partial charge in [0.05, 0.1) is 0 Å². The zero-order valence-corrected chi connectivity index (χ0v) is 19.8. The van der Waals surface area contributed by atoms with Gasteiger partial charge in [0.15, 0.2) is 0 Å². The van der Waals surface area contributed by atoms with Gasteiger partial charge in [-0.1, -0.05) is 91.0 Å². The van der Waals surface area contributed by atoms with Crippen LogP contribution >= 0.6 is 22.7 Å². The molecule has 0 fully saturated rings. The van der Waals surface area contributed by atoms with Crippen LogP contribution in [0.4, 0.5) is 0 Å². The van der Waals surface area contributed by atoms with Crippen molar-refractivity contribution in [2.45, 2.75) is 0 Å². The van der Waals surface area contributed by atoms with Crippen molar-refractivity contribution in [3.05, 3.63) is 109 Å². The summed E-state index contributed by atoms with van der Waals surface area (Å²) in [5.74, 6) is 0. The average Bonchev–Trinajstić information content (AvgIpc) is 3.47. The molecule has 0 spiro atoms. The minimum Gasteiger partial charge on any atom is -0.135 e. The van der Waals surface area contributed by atoms with E-state index in [2.05, 4.69) is 109 Å². The molecule has 0 nitrogen and oxygen atoms in total. The lowest BCUT2D eigenvalue weighted by atomic mass is 9.94. The highest BCUT2D eigenvalue weighted by Gasteiger charge is 2.14. The van der Waals surface area contributed by atoms with Gasteiger partial charge in [0, 0.05) is 51.1 Å². The van der Waals surface area contributed by atoms with E-state index in [1.54, 1.807) is 0 Å². The molecule has 2 aromatic heterocycles. The molecule has 0 saturated carbocycles. The Hall–Kier alpha value is -3.72. The van der Waals surface area contributed by atoms with Crippen molar-refractivity contribution in [3.63, 3.8) is 0 Å². The summed E-state index contributed by atoms with van der Waals surface area (Å²) in [6.07, 6.45) is 0. The molecule has 158 valence electrons. The third-order valence-electron chi connectivity index (χ3n) is 7.06. The SMILES string of the molecule is c1cc(-c2ccc3ccc4c5ccccc5sc4c3c2)c2c(c1)ccc1c3ccccc3sc12. The number of fused-ring (bicyclic) bond motifs is 10. The van der Waals surface area contributed by atoms with Crippen molar-refractivity contribution in [2.75, 3.05) is 0 Å². The van der Waals surface area contributed by atoms with Crippen LogP contribution < -0.4 is 0 Å². The molecule has 8 rings (SSSR count). The maximum absolute atomic E-state index is 2.41. The Balaban J connectivity index is 1.48. The molecule has 0 saturated heterocycles. The van der Waals surface area contributed by atoms with Gasteiger partial charge in [-0.3, -0.25) is 0 Å². The minimum absolute atomic E-state index is 1.29. The predicted octanol–water partition coefficient (Wildman–Crippen LogP) is 10.4. The molecule has 0 N–H and O–H groups in total. The average molecular weight is 467 g/mol. The highest BCUT2D eigenvalue weighted by molar-refractivity contribution is 7.27. The molecule has 0 radical (unpaired) electrons. The van der Waals surface area contributed by atoms with Gasteiger partial charge in [0.2, 0.25) is 0 Å². The van der Waals surface area contributed by atoms with Crippen LogP contribution in [0.3, 0.4) is 0 Å². The number of hydrogen-bond donors (Lipinski definition) is 0. The van der Waals surface area contributed by atoms with E-state index in [0.29, 0.717) is 0 Å². The molecule has 2 heterocycles. The normalized spacial score (nSPS) is 12.1. The van der Waals surface area contributed by atoms with Crippen LogP contribution in [0.1, 0.15) is 0 Å². The van der Waals surface area contributed by atoms with Crippen LogP contribution in [-0.2, 0) is 0 Å². The molecule has 0 unspecified atom stereocenters. The number of hydrogen-bond acceptors (Lipinski definition) is 2. The van der Waals surface area contributed by atoms with Crippen LogP contribution in [0.5, 0.6) is 0 Å². The zero-order valence-electron chi connectivity index (χ0n) is 18.2. The van der Waals surface area contributed by atoms with Gasteiger partial charge < -0.3 is 0 Å². The molecule has 6 aromatic carbocycles. The van der Waals surface area contributed by atoms with Crippen LogP contribution in [-0.4, -0.2) is 0 Å². The maximum atomic E-state index is 2.41. The summed E-state index contributed by atoms with van der Waals surface area (Å²) in [5.41, 5.74) is 2.60. The van der Waals surface area contributed by atoms with Gasteiger partial charge >= 0.3 is 0 Å². The first-order valence-corrected chi connectivity index (χ1v) is 13.2. The summed E-state index contributed by atoms with van der Waals surface area (Å²) < 4.78 is 5.47. The molecule has 0 amide bonds. The summed E-state index contributed by atoms with van der Waals surface area (Å²) in [6, 6.07) is 40.4. The van der Waals surface area contributed by atoms with Crippen molar-refractivity contribution < 1.29 is 0 Å². The first-order chi connectivity index (χ1) is 16.8. The Bertz CT molecular complexity index is 2070. The number of benzene rings is 6. The Labute approximate surface area is 204 Å². The van der Waals surface area contributed by atoms with Gasteiger partial charge in [0.25, 0.3) is 0 Å². The molecular formula is C32H18S2. The number of thiophene rings is 2. The van der Waals surface area contributed by atoms with Gasteiger partial charge in [-0.2, -0.15) is 0 Å². The quantitative estimate of drug-likeness (QED) is 0.226. The van der Waals surface area contributed by atoms with E-state index >= 15 is 0 Å². The van der Waals surface area contributed by atoms with E-state index in [9.17, 15) is 0 Å². The summed E-state index contributed by atoms with van der Waals surface area (Å²) in [6.45, 7) is 0. The Morgan fingerprint density at radius 1 is 0.412 bits per heavy atom. The van der Waals surface area contributed by atoms with Gasteiger partial charge in [0.1, 0.15) is 0 Å². The third kappa shape index (κ3) is 2.53. The van der Waals surface area contributed by atoms with Crippen molar-refractivity contribution in [2.24, 2.45) is 0 Å². The molecular weight excluding hydrogens is 448 g/mol. The van der Waals surface area contributed by atoms with E-state index in [1.165, 1.54) is 73.0 Å². The van der Waals surface area contributed by atoms with Gasteiger partial charge in [-0.25, -0.2) is 0 Å². The number of rotatable bonds is 1. The summed E-state index contributed by atoms with van der Waals surface area (Å²) in [7, 11) is 0. The Morgan fingerprint density at radius 3 is 1.85 bits per heavy atom. The fourth-order valence-corrected chi connectivity index (χ4v) is 7.96. The van der Waals surface area contributed by atoms with Crippen LogP contribution in [0.15, 0.2) is 109 Å². The highest BCUT2D eigenvalue weighted by Crippen LogP contribution is 2.44. The van der Waals surface area contributed by atoms with E-state index in [4.69, 9.17) is 0 Å². The molecule has 0 atom stereocenters. The maximum Gasteiger partial charge on any atom is 0.0440 e. The smallest absolute Gasteiger partial charge is 0.0440 e. The second-order valence-corrected chi connectivity index (χ2v) is 11.0. The molecule has 0 aliphatic heterocycles. The monoisotopic (exact) mass is 466 g/mol. The van der Waals surface area contributed by atoms with Crippen molar-refractivity contribution >= 4 is 84.6 Å². The van der Waals surface area contributed by atoms with Crippen LogP contribution in [0.25, 0.3) is 73.0 Å². The Kier molecular flexibility index (Phi) is 3.79. The van der Waals surface area contributed by atoms with Gasteiger partial charge in [-0.05, 0) is 40.1 Å². The highest BCUT2D eigenvalue weighted by atomic mass is 32.1. The second kappa shape index (κ2) is 6.89. The van der Waals surface area contributed by atoms with Crippen molar-refractivity contribution in [3.8, 4) is 11.1 Å². The first-order valence-electron chi connectivity index (χ1n) is 11.5. The van der Waals surface area contributed by atoms with E-state index in [-0.39, 0.29) is 0 Å².